The van der Waals surface area contributed by atoms with Crippen molar-refractivity contribution in [2.45, 2.75) is 57.1 Å². The highest BCUT2D eigenvalue weighted by Gasteiger charge is 2.43. The number of halogens is 3. The van der Waals surface area contributed by atoms with E-state index >= 15 is 4.39 Å². The van der Waals surface area contributed by atoms with E-state index in [-0.39, 0.29) is 34.5 Å². The third kappa shape index (κ3) is 5.04. The van der Waals surface area contributed by atoms with E-state index in [4.69, 9.17) is 30.8 Å². The number of aromatic amines is 1. The van der Waals surface area contributed by atoms with Gasteiger partial charge in [-0.05, 0) is 74.7 Å². The first kappa shape index (κ1) is 29.2. The lowest BCUT2D eigenvalue weighted by molar-refractivity contribution is -0.0712. The van der Waals surface area contributed by atoms with E-state index in [0.29, 0.717) is 41.7 Å². The van der Waals surface area contributed by atoms with Crippen LogP contribution >= 0.6 is 11.6 Å². The number of rotatable bonds is 7. The maximum absolute atomic E-state index is 15.7. The third-order valence-corrected chi connectivity index (χ3v) is 9.47. The molecule has 8 rings (SSSR count). The van der Waals surface area contributed by atoms with Crippen molar-refractivity contribution >= 4 is 22.6 Å². The van der Waals surface area contributed by atoms with Crippen molar-refractivity contribution in [3.8, 4) is 22.9 Å². The predicted molar refractivity (Wildman–Crippen MR) is 164 cm³/mol. The van der Waals surface area contributed by atoms with E-state index in [1.54, 1.807) is 31.2 Å². The summed E-state index contributed by atoms with van der Waals surface area (Å²) >= 11 is 5.98. The minimum absolute atomic E-state index is 0.0188. The van der Waals surface area contributed by atoms with Crippen LogP contribution in [0, 0.1) is 11.6 Å². The van der Waals surface area contributed by atoms with Crippen molar-refractivity contribution in [2.75, 3.05) is 19.7 Å². The second-order valence-electron chi connectivity index (χ2n) is 12.2. The van der Waals surface area contributed by atoms with Crippen molar-refractivity contribution in [1.29, 1.82) is 0 Å². The van der Waals surface area contributed by atoms with E-state index in [9.17, 15) is 9.18 Å². The molecule has 0 aliphatic carbocycles. The zero-order valence-electron chi connectivity index (χ0n) is 24.9. The van der Waals surface area contributed by atoms with Crippen molar-refractivity contribution in [2.24, 2.45) is 0 Å². The molecular formula is C33H30ClF2N5O5. The zero-order valence-corrected chi connectivity index (χ0v) is 25.7. The SMILES string of the molecule is C[C@]1(c2ccc(Cl)cc2F)Oc2cccc(C3CCN(Cc4nc5c(F)c(-c6noc(=O)[nH]6)ccc5n4C[C@@H]4CCO4)CC3)c2O1. The van der Waals surface area contributed by atoms with Crippen molar-refractivity contribution in [1.82, 2.24) is 24.6 Å². The molecule has 1 N–H and O–H groups in total. The lowest BCUT2D eigenvalue weighted by atomic mass is 9.88. The number of piperidine rings is 1. The summed E-state index contributed by atoms with van der Waals surface area (Å²) in [6.45, 7) is 5.10. The monoisotopic (exact) mass is 649 g/mol. The highest BCUT2D eigenvalue weighted by molar-refractivity contribution is 6.30. The molecule has 0 saturated carbocycles. The molecule has 238 valence electrons. The summed E-state index contributed by atoms with van der Waals surface area (Å²) in [5.74, 6) is -0.932. The number of hydrogen-bond acceptors (Lipinski definition) is 8. The van der Waals surface area contributed by atoms with Gasteiger partial charge in [-0.2, -0.15) is 0 Å². The largest absolute Gasteiger partial charge is 0.444 e. The van der Waals surface area contributed by atoms with Crippen LogP contribution in [0.4, 0.5) is 8.78 Å². The first-order valence-corrected chi connectivity index (χ1v) is 15.7. The number of H-pyrrole nitrogens is 1. The molecule has 5 heterocycles. The number of aromatic nitrogens is 4. The first-order chi connectivity index (χ1) is 22.3. The highest BCUT2D eigenvalue weighted by Crippen LogP contribution is 2.50. The fraction of sp³-hybridized carbons (Fsp3) is 0.364. The maximum atomic E-state index is 15.7. The number of para-hydroxylation sites is 1. The van der Waals surface area contributed by atoms with Gasteiger partial charge in [0, 0.05) is 24.1 Å². The lowest BCUT2D eigenvalue weighted by Gasteiger charge is -2.33. The Bertz CT molecular complexity index is 2020. The number of likely N-dealkylation sites (tertiary alicyclic amines) is 1. The molecule has 46 heavy (non-hydrogen) atoms. The number of ether oxygens (including phenoxy) is 3. The molecule has 2 saturated heterocycles. The second-order valence-corrected chi connectivity index (χ2v) is 12.6. The predicted octanol–water partition coefficient (Wildman–Crippen LogP) is 6.12. The van der Waals surface area contributed by atoms with E-state index < -0.39 is 23.2 Å². The molecule has 0 radical (unpaired) electrons. The number of hydrogen-bond donors (Lipinski definition) is 1. The number of benzene rings is 3. The number of fused-ring (bicyclic) bond motifs is 2. The van der Waals surface area contributed by atoms with Gasteiger partial charge in [0.2, 0.25) is 0 Å². The number of imidazole rings is 1. The Hall–Kier alpha value is -4.26. The van der Waals surface area contributed by atoms with Gasteiger partial charge in [-0.25, -0.2) is 18.6 Å². The maximum Gasteiger partial charge on any atom is 0.439 e. The van der Waals surface area contributed by atoms with Gasteiger partial charge in [0.25, 0.3) is 5.79 Å². The summed E-state index contributed by atoms with van der Waals surface area (Å²) in [4.78, 5) is 21.0. The molecule has 10 nitrogen and oxygen atoms in total. The summed E-state index contributed by atoms with van der Waals surface area (Å²) in [5, 5.41) is 3.95. The van der Waals surface area contributed by atoms with Crippen LogP contribution in [0.3, 0.4) is 0 Å². The highest BCUT2D eigenvalue weighted by atomic mass is 35.5. The van der Waals surface area contributed by atoms with Gasteiger partial charge in [-0.3, -0.25) is 14.4 Å². The van der Waals surface area contributed by atoms with Crippen molar-refractivity contribution < 1.29 is 27.5 Å². The summed E-state index contributed by atoms with van der Waals surface area (Å²) in [5.41, 5.74) is 2.30. The summed E-state index contributed by atoms with van der Waals surface area (Å²) in [6, 6.07) is 13.7. The number of nitrogens with one attached hydrogen (secondary N) is 1. The molecule has 13 heteroatoms. The van der Waals surface area contributed by atoms with E-state index in [1.807, 2.05) is 22.8 Å². The Morgan fingerprint density at radius 2 is 1.91 bits per heavy atom. The van der Waals surface area contributed by atoms with Gasteiger partial charge < -0.3 is 18.8 Å². The molecule has 2 fully saturated rings. The fourth-order valence-electron chi connectivity index (χ4n) is 6.73. The number of nitrogens with zero attached hydrogens (tertiary/aromatic N) is 4. The molecule has 3 aromatic carbocycles. The molecular weight excluding hydrogens is 620 g/mol. The topological polar surface area (TPSA) is 108 Å². The molecule has 3 aliphatic heterocycles. The standard InChI is InChI=1S/C33H30ClF2N5O5/c1-33(23-7-5-19(34)15-24(23)35)44-26-4-2-3-21(30(26)45-33)18-9-12-40(13-10-18)17-27-37-29-25(41(27)16-20-11-14-43-20)8-6-22(28(29)36)31-38-32(42)46-39-31/h2-8,15,18,20H,9-14,16-17H2,1H3,(H,38,39,42)/t20-,33-/m0/s1. The molecule has 0 amide bonds. The Kier molecular flexibility index (Phi) is 7.11. The normalized spacial score (nSPS) is 21.6. The van der Waals surface area contributed by atoms with Crippen LogP contribution in [0.5, 0.6) is 11.5 Å². The Morgan fingerprint density at radius 3 is 2.63 bits per heavy atom. The van der Waals surface area contributed by atoms with E-state index in [1.165, 1.54) is 6.07 Å². The van der Waals surface area contributed by atoms with Gasteiger partial charge in [0.15, 0.2) is 23.1 Å². The Balaban J connectivity index is 1.02. The average Bonchev–Trinajstić information content (AvgIpc) is 3.70. The van der Waals surface area contributed by atoms with Crippen LogP contribution in [0.25, 0.3) is 22.4 Å². The molecule has 2 atom stereocenters. The van der Waals surface area contributed by atoms with Crippen LogP contribution in [0.2, 0.25) is 5.02 Å². The van der Waals surface area contributed by atoms with E-state index in [0.717, 1.165) is 43.7 Å². The minimum Gasteiger partial charge on any atom is -0.444 e. The molecule has 3 aliphatic rings. The van der Waals surface area contributed by atoms with Crippen molar-refractivity contribution in [3.05, 3.63) is 92.7 Å². The molecule has 0 unspecified atom stereocenters. The average molecular weight is 650 g/mol. The third-order valence-electron chi connectivity index (χ3n) is 9.24. The quantitative estimate of drug-likeness (QED) is 0.225. The molecule has 5 aromatic rings. The van der Waals surface area contributed by atoms with Crippen LogP contribution in [0.15, 0.2) is 57.8 Å². The van der Waals surface area contributed by atoms with Crippen LogP contribution in [0.1, 0.15) is 49.1 Å². The summed E-state index contributed by atoms with van der Waals surface area (Å²) < 4.78 is 55.5. The van der Waals surface area contributed by atoms with Crippen LogP contribution in [-0.4, -0.2) is 50.4 Å². The van der Waals surface area contributed by atoms with Crippen LogP contribution < -0.4 is 15.2 Å². The fourth-order valence-corrected chi connectivity index (χ4v) is 6.89. The molecule has 2 aromatic heterocycles. The second kappa shape index (κ2) is 11.2. The molecule has 0 spiro atoms. The Labute approximate surface area is 266 Å². The smallest absolute Gasteiger partial charge is 0.439 e. The van der Waals surface area contributed by atoms with Gasteiger partial charge in [-0.15, -0.1) is 0 Å². The lowest BCUT2D eigenvalue weighted by Crippen LogP contribution is -2.35. The first-order valence-electron chi connectivity index (χ1n) is 15.3. The van der Waals surface area contributed by atoms with Gasteiger partial charge in [-0.1, -0.05) is 28.9 Å². The van der Waals surface area contributed by atoms with Crippen molar-refractivity contribution in [3.63, 3.8) is 0 Å². The zero-order chi connectivity index (χ0) is 31.6. The summed E-state index contributed by atoms with van der Waals surface area (Å²) in [6.07, 6.45) is 2.69. The van der Waals surface area contributed by atoms with Gasteiger partial charge >= 0.3 is 5.76 Å². The van der Waals surface area contributed by atoms with Gasteiger partial charge in [0.1, 0.15) is 17.2 Å². The van der Waals surface area contributed by atoms with Gasteiger partial charge in [0.05, 0.1) is 35.8 Å². The Morgan fingerprint density at radius 1 is 1.09 bits per heavy atom. The van der Waals surface area contributed by atoms with E-state index in [2.05, 4.69) is 19.6 Å². The molecule has 0 bridgehead atoms. The summed E-state index contributed by atoms with van der Waals surface area (Å²) in [7, 11) is 0. The minimum atomic E-state index is -1.31. The van der Waals surface area contributed by atoms with Crippen LogP contribution in [-0.2, 0) is 23.6 Å².